The molecule has 164 valence electrons. The first-order chi connectivity index (χ1) is 15.2. The van der Waals surface area contributed by atoms with Crippen molar-refractivity contribution in [3.05, 3.63) is 75.9 Å². The number of anilines is 2. The van der Waals surface area contributed by atoms with Crippen molar-refractivity contribution < 1.29 is 22.4 Å². The Hall–Kier alpha value is -3.50. The zero-order chi connectivity index (χ0) is 23.0. The number of amides is 2. The highest BCUT2D eigenvalue weighted by Crippen LogP contribution is 2.34. The normalized spacial score (nSPS) is 12.8. The van der Waals surface area contributed by atoms with Gasteiger partial charge in [0.1, 0.15) is 10.0 Å². The lowest BCUT2D eigenvalue weighted by molar-refractivity contribution is 0.105. The van der Waals surface area contributed by atoms with Crippen LogP contribution < -0.4 is 15.4 Å². The average molecular weight is 472 g/mol. The first-order valence-corrected chi connectivity index (χ1v) is 11.8. The number of fused-ring (bicyclic) bond motifs is 1. The Balaban J connectivity index is 1.51. The van der Waals surface area contributed by atoms with Crippen LogP contribution in [0.15, 0.2) is 52.7 Å². The number of aryl methyl sites for hydroxylation is 1. The Kier molecular flexibility index (Phi) is 5.57. The number of urea groups is 1. The molecule has 0 bridgehead atoms. The van der Waals surface area contributed by atoms with Crippen molar-refractivity contribution in [1.82, 2.24) is 4.72 Å². The van der Waals surface area contributed by atoms with Gasteiger partial charge in [0.25, 0.3) is 10.0 Å². The van der Waals surface area contributed by atoms with Gasteiger partial charge < -0.3 is 10.6 Å². The lowest BCUT2D eigenvalue weighted by Gasteiger charge is -2.09. The van der Waals surface area contributed by atoms with Crippen LogP contribution in [0.25, 0.3) is 11.6 Å². The molecule has 0 aliphatic heterocycles. The number of nitrogens with one attached hydrogen (secondary N) is 3. The minimum absolute atomic E-state index is 0.000594. The molecule has 0 saturated heterocycles. The minimum Gasteiger partial charge on any atom is -0.388 e. The predicted molar refractivity (Wildman–Crippen MR) is 123 cm³/mol. The first kappa shape index (κ1) is 21.7. The van der Waals surface area contributed by atoms with E-state index in [4.69, 9.17) is 0 Å². The molecular weight excluding hydrogens is 453 g/mol. The molecule has 0 saturated carbocycles. The summed E-state index contributed by atoms with van der Waals surface area (Å²) in [6.07, 6.45) is 1.62. The van der Waals surface area contributed by atoms with Gasteiger partial charge in [-0.3, -0.25) is 4.79 Å². The summed E-state index contributed by atoms with van der Waals surface area (Å²) >= 11 is 1.03. The minimum atomic E-state index is -4.03. The third-order valence-electron chi connectivity index (χ3n) is 4.85. The smallest absolute Gasteiger partial charge is 0.333 e. The summed E-state index contributed by atoms with van der Waals surface area (Å²) in [6.45, 7) is 1.75. The van der Waals surface area contributed by atoms with E-state index in [0.717, 1.165) is 28.0 Å². The number of halogens is 1. The van der Waals surface area contributed by atoms with Crippen LogP contribution in [-0.2, 0) is 10.0 Å². The molecule has 1 heterocycles. The molecule has 0 fully saturated rings. The Morgan fingerprint density at radius 1 is 1.00 bits per heavy atom. The van der Waals surface area contributed by atoms with E-state index < -0.39 is 21.9 Å². The molecule has 4 rings (SSSR count). The SMILES string of the molecule is CNc1ccc2c(c1)C=C(c1ccc(NC(=O)NS(=O)(=O)c3ccc(C)s3)cc1F)C2=O. The molecule has 1 aliphatic rings. The fraction of sp³-hybridized carbons (Fsp3) is 0.0909. The fourth-order valence-electron chi connectivity index (χ4n) is 3.31. The predicted octanol–water partition coefficient (Wildman–Crippen LogP) is 4.48. The van der Waals surface area contributed by atoms with Crippen molar-refractivity contribution in [2.75, 3.05) is 17.7 Å². The molecule has 0 unspecified atom stereocenters. The Morgan fingerprint density at radius 3 is 2.38 bits per heavy atom. The monoisotopic (exact) mass is 471 g/mol. The van der Waals surface area contributed by atoms with Crippen LogP contribution in [0.2, 0.25) is 0 Å². The van der Waals surface area contributed by atoms with E-state index >= 15 is 0 Å². The van der Waals surface area contributed by atoms with Crippen molar-refractivity contribution in [2.45, 2.75) is 11.1 Å². The number of carbonyl (C=O) groups excluding carboxylic acids is 2. The Morgan fingerprint density at radius 2 is 1.72 bits per heavy atom. The largest absolute Gasteiger partial charge is 0.388 e. The molecule has 10 heteroatoms. The van der Waals surface area contributed by atoms with Crippen LogP contribution in [0.4, 0.5) is 20.6 Å². The summed E-state index contributed by atoms with van der Waals surface area (Å²) in [5.74, 6) is -1.02. The van der Waals surface area contributed by atoms with Gasteiger partial charge in [-0.25, -0.2) is 22.3 Å². The number of hydrogen-bond acceptors (Lipinski definition) is 6. The Bertz CT molecular complexity index is 1390. The number of Topliss-reactive ketones (excluding diaryl/α,β-unsaturated/α-hetero) is 1. The van der Waals surface area contributed by atoms with Gasteiger partial charge in [-0.1, -0.05) is 0 Å². The topological polar surface area (TPSA) is 104 Å². The third-order valence-corrected chi connectivity index (χ3v) is 7.68. The lowest BCUT2D eigenvalue weighted by atomic mass is 10.0. The summed E-state index contributed by atoms with van der Waals surface area (Å²) < 4.78 is 41.2. The number of thiophene rings is 1. The number of rotatable bonds is 5. The second kappa shape index (κ2) is 8.21. The van der Waals surface area contributed by atoms with Crippen LogP contribution in [0.1, 0.15) is 26.4 Å². The molecule has 7 nitrogen and oxygen atoms in total. The summed E-state index contributed by atoms with van der Waals surface area (Å²) in [6, 6.07) is 11.1. The molecule has 2 aromatic carbocycles. The average Bonchev–Trinajstić information content (AvgIpc) is 3.31. The quantitative estimate of drug-likeness (QED) is 0.509. The maximum atomic E-state index is 14.8. The molecule has 1 aromatic heterocycles. The second-order valence-electron chi connectivity index (χ2n) is 7.06. The lowest BCUT2D eigenvalue weighted by Crippen LogP contribution is -2.34. The molecular formula is C22H18FN3O4S2. The zero-order valence-corrected chi connectivity index (χ0v) is 18.7. The van der Waals surface area contributed by atoms with Crippen LogP contribution in [0.5, 0.6) is 0 Å². The van der Waals surface area contributed by atoms with Crippen LogP contribution >= 0.6 is 11.3 Å². The molecule has 3 aromatic rings. The van der Waals surface area contributed by atoms with Crippen LogP contribution in [0.3, 0.4) is 0 Å². The second-order valence-corrected chi connectivity index (χ2v) is 10.3. The molecule has 0 atom stereocenters. The molecule has 1 aliphatic carbocycles. The molecule has 2 amide bonds. The summed E-state index contributed by atoms with van der Waals surface area (Å²) in [4.78, 5) is 25.6. The molecule has 0 spiro atoms. The van der Waals surface area contributed by atoms with Gasteiger partial charge in [0.2, 0.25) is 0 Å². The molecule has 0 radical (unpaired) electrons. The van der Waals surface area contributed by atoms with Crippen molar-refractivity contribution >= 4 is 56.2 Å². The van der Waals surface area contributed by atoms with Crippen molar-refractivity contribution in [3.8, 4) is 0 Å². The summed E-state index contributed by atoms with van der Waals surface area (Å²) in [5.41, 5.74) is 2.33. The van der Waals surface area contributed by atoms with E-state index in [2.05, 4.69) is 10.6 Å². The zero-order valence-electron chi connectivity index (χ0n) is 17.0. The fourth-order valence-corrected chi connectivity index (χ4v) is 5.50. The van der Waals surface area contributed by atoms with E-state index in [1.807, 2.05) is 4.72 Å². The molecule has 3 N–H and O–H groups in total. The van der Waals surface area contributed by atoms with E-state index in [1.54, 1.807) is 44.3 Å². The van der Waals surface area contributed by atoms with E-state index in [9.17, 15) is 22.4 Å². The number of ketones is 1. The van der Waals surface area contributed by atoms with Crippen LogP contribution in [0, 0.1) is 12.7 Å². The van der Waals surface area contributed by atoms with Gasteiger partial charge in [0, 0.05) is 40.0 Å². The van der Waals surface area contributed by atoms with E-state index in [0.29, 0.717) is 11.1 Å². The summed E-state index contributed by atoms with van der Waals surface area (Å²) in [7, 11) is -2.27. The van der Waals surface area contributed by atoms with E-state index in [-0.39, 0.29) is 26.8 Å². The van der Waals surface area contributed by atoms with Gasteiger partial charge >= 0.3 is 6.03 Å². The Labute approximate surface area is 188 Å². The number of allylic oxidation sites excluding steroid dienone is 1. The summed E-state index contributed by atoms with van der Waals surface area (Å²) in [5, 5.41) is 5.29. The van der Waals surface area contributed by atoms with Gasteiger partial charge in [-0.15, -0.1) is 11.3 Å². The standard InChI is InChI=1S/C22H18FN3O4S2/c1-12-3-8-20(31-12)32(29,30)26-22(28)25-15-5-7-17(19(23)11-15)18-10-13-9-14(24-2)4-6-16(13)21(18)27/h3-11,24H,1-2H3,(H2,25,26,28). The maximum absolute atomic E-state index is 14.8. The van der Waals surface area contributed by atoms with Gasteiger partial charge in [0.05, 0.1) is 0 Å². The molecule has 32 heavy (non-hydrogen) atoms. The maximum Gasteiger partial charge on any atom is 0.333 e. The highest BCUT2D eigenvalue weighted by Gasteiger charge is 2.26. The number of carbonyl (C=O) groups is 2. The van der Waals surface area contributed by atoms with E-state index in [1.165, 1.54) is 18.2 Å². The number of benzene rings is 2. The van der Waals surface area contributed by atoms with Gasteiger partial charge in [-0.05, 0) is 67.1 Å². The van der Waals surface area contributed by atoms with Crippen molar-refractivity contribution in [1.29, 1.82) is 0 Å². The third kappa shape index (κ3) is 4.14. The highest BCUT2D eigenvalue weighted by atomic mass is 32.2. The number of sulfonamides is 1. The van der Waals surface area contributed by atoms with Crippen LogP contribution in [-0.4, -0.2) is 27.3 Å². The number of hydrogen-bond donors (Lipinski definition) is 3. The first-order valence-electron chi connectivity index (χ1n) is 9.46. The van der Waals surface area contributed by atoms with Gasteiger partial charge in [-0.2, -0.15) is 0 Å². The van der Waals surface area contributed by atoms with Crippen molar-refractivity contribution in [3.63, 3.8) is 0 Å². The highest BCUT2D eigenvalue weighted by molar-refractivity contribution is 7.92. The van der Waals surface area contributed by atoms with Gasteiger partial charge in [0.15, 0.2) is 5.78 Å². The van der Waals surface area contributed by atoms with Crippen molar-refractivity contribution in [2.24, 2.45) is 0 Å².